The molecule has 0 aliphatic carbocycles. The number of carbonyl (C=O) groups is 1. The highest BCUT2D eigenvalue weighted by atomic mass is 35.5. The second-order valence-electron chi connectivity index (χ2n) is 8.92. The number of hydrogen-bond donors (Lipinski definition) is 1. The molecule has 4 rings (SSSR count). The molecule has 1 heterocycles. The Morgan fingerprint density at radius 3 is 2.51 bits per heavy atom. The molecule has 2 amide bonds. The first-order valence-corrected chi connectivity index (χ1v) is 12.7. The van der Waals surface area contributed by atoms with Gasteiger partial charge in [-0.05, 0) is 47.0 Å². The van der Waals surface area contributed by atoms with Crippen LogP contribution in [0, 0.1) is 11.3 Å². The maximum atomic E-state index is 12.7. The van der Waals surface area contributed by atoms with Crippen LogP contribution in [0.4, 0.5) is 4.79 Å². The summed E-state index contributed by atoms with van der Waals surface area (Å²) in [5.41, 5.74) is 3.57. The van der Waals surface area contributed by atoms with Crippen LogP contribution in [-0.2, 0) is 17.9 Å². The average molecular weight is 519 g/mol. The zero-order valence-electron chi connectivity index (χ0n) is 20.9. The van der Waals surface area contributed by atoms with Gasteiger partial charge in [0.15, 0.2) is 0 Å². The molecule has 0 aromatic heterocycles. The normalized spacial score (nSPS) is 14.6. The smallest absolute Gasteiger partial charge is 0.317 e. The number of ether oxygens (including phenoxy) is 2. The number of amides is 2. The highest BCUT2D eigenvalue weighted by Crippen LogP contribution is 2.25. The van der Waals surface area contributed by atoms with Crippen LogP contribution in [0.5, 0.6) is 5.75 Å². The van der Waals surface area contributed by atoms with Crippen molar-refractivity contribution in [3.05, 3.63) is 100 Å². The number of hydrogen-bond acceptors (Lipinski definition) is 5. The summed E-state index contributed by atoms with van der Waals surface area (Å²) in [5, 5.41) is 12.7. The van der Waals surface area contributed by atoms with Crippen molar-refractivity contribution in [1.29, 1.82) is 5.26 Å². The van der Waals surface area contributed by atoms with Crippen LogP contribution >= 0.6 is 11.6 Å². The van der Waals surface area contributed by atoms with Crippen LogP contribution in [0.3, 0.4) is 0 Å². The fourth-order valence-electron chi connectivity index (χ4n) is 4.26. The van der Waals surface area contributed by atoms with Crippen molar-refractivity contribution < 1.29 is 14.3 Å². The highest BCUT2D eigenvalue weighted by Gasteiger charge is 2.24. The van der Waals surface area contributed by atoms with Crippen molar-refractivity contribution in [3.63, 3.8) is 0 Å². The number of methoxy groups -OCH3 is 1. The van der Waals surface area contributed by atoms with E-state index in [0.717, 1.165) is 35.5 Å². The molecule has 0 radical (unpaired) electrons. The molecule has 37 heavy (non-hydrogen) atoms. The van der Waals surface area contributed by atoms with E-state index in [1.807, 2.05) is 65.6 Å². The zero-order chi connectivity index (χ0) is 26.0. The van der Waals surface area contributed by atoms with Crippen molar-refractivity contribution in [2.75, 3.05) is 39.8 Å². The van der Waals surface area contributed by atoms with Crippen LogP contribution in [0.15, 0.2) is 72.8 Å². The predicted octanol–water partition coefficient (Wildman–Crippen LogP) is 5.01. The minimum absolute atomic E-state index is 0.0824. The summed E-state index contributed by atoms with van der Waals surface area (Å²) in [4.78, 5) is 16.9. The number of rotatable bonds is 9. The lowest BCUT2D eigenvalue weighted by Crippen LogP contribution is -2.52. The van der Waals surface area contributed by atoms with E-state index in [4.69, 9.17) is 26.3 Å². The van der Waals surface area contributed by atoms with Crippen LogP contribution in [0.25, 0.3) is 0 Å². The topological polar surface area (TPSA) is 77.8 Å². The first-order valence-electron chi connectivity index (χ1n) is 12.3. The molecule has 3 aromatic rings. The summed E-state index contributed by atoms with van der Waals surface area (Å²) < 4.78 is 11.8. The van der Waals surface area contributed by atoms with Crippen LogP contribution in [-0.4, -0.2) is 55.7 Å². The molecule has 1 atom stereocenters. The lowest BCUT2D eigenvalue weighted by Gasteiger charge is -2.36. The molecule has 0 bridgehead atoms. The third-order valence-electron chi connectivity index (χ3n) is 6.47. The second kappa shape index (κ2) is 13.1. The van der Waals surface area contributed by atoms with Gasteiger partial charge in [-0.2, -0.15) is 5.26 Å². The molecule has 1 aliphatic heterocycles. The number of urea groups is 1. The van der Waals surface area contributed by atoms with Gasteiger partial charge in [-0.25, -0.2) is 4.79 Å². The van der Waals surface area contributed by atoms with Gasteiger partial charge in [-0.1, -0.05) is 54.1 Å². The number of nitrogens with one attached hydrogen (secondary N) is 1. The molecule has 1 saturated heterocycles. The fraction of sp³-hybridized carbons (Fsp3) is 0.310. The first kappa shape index (κ1) is 26.5. The number of nitriles is 1. The summed E-state index contributed by atoms with van der Waals surface area (Å²) in [6, 6.07) is 25.0. The van der Waals surface area contributed by atoms with Crippen molar-refractivity contribution >= 4 is 17.6 Å². The second-order valence-corrected chi connectivity index (χ2v) is 9.33. The van der Waals surface area contributed by atoms with Crippen molar-refractivity contribution in [2.24, 2.45) is 0 Å². The average Bonchev–Trinajstić information content (AvgIpc) is 2.95. The molecule has 8 heteroatoms. The minimum atomic E-state index is -0.175. The van der Waals surface area contributed by atoms with E-state index in [2.05, 4.69) is 16.3 Å². The van der Waals surface area contributed by atoms with E-state index >= 15 is 0 Å². The van der Waals surface area contributed by atoms with Crippen LogP contribution in [0.1, 0.15) is 28.4 Å². The van der Waals surface area contributed by atoms with Gasteiger partial charge in [-0.3, -0.25) is 4.90 Å². The molecule has 192 valence electrons. The van der Waals surface area contributed by atoms with Gasteiger partial charge >= 0.3 is 6.03 Å². The van der Waals surface area contributed by atoms with E-state index in [0.29, 0.717) is 43.4 Å². The molecule has 0 spiro atoms. The largest absolute Gasteiger partial charge is 0.497 e. The Hall–Kier alpha value is -3.57. The molecule has 3 aromatic carbocycles. The molecular formula is C29H31ClN4O3. The lowest BCUT2D eigenvalue weighted by atomic mass is 10.1. The Kier molecular flexibility index (Phi) is 9.39. The van der Waals surface area contributed by atoms with Gasteiger partial charge < -0.3 is 19.7 Å². The predicted molar refractivity (Wildman–Crippen MR) is 143 cm³/mol. The quantitative estimate of drug-likeness (QED) is 0.431. The number of benzene rings is 3. The Labute approximate surface area is 223 Å². The van der Waals surface area contributed by atoms with Gasteiger partial charge in [0.2, 0.25) is 0 Å². The summed E-state index contributed by atoms with van der Waals surface area (Å²) >= 11 is 6.20. The van der Waals surface area contributed by atoms with Gasteiger partial charge in [0, 0.05) is 44.3 Å². The Morgan fingerprint density at radius 2 is 1.81 bits per heavy atom. The van der Waals surface area contributed by atoms with Crippen LogP contribution in [0.2, 0.25) is 5.02 Å². The molecule has 1 fully saturated rings. The minimum Gasteiger partial charge on any atom is -0.497 e. The number of carbonyl (C=O) groups excluding carboxylic acids is 1. The van der Waals surface area contributed by atoms with E-state index < -0.39 is 0 Å². The Balaban J connectivity index is 1.34. The maximum absolute atomic E-state index is 12.7. The third-order valence-corrected chi connectivity index (χ3v) is 6.84. The standard InChI is InChI=1S/C29H31ClN4O3/c1-36-26-7-4-6-24(17-26)28(37-21-23-11-9-22(18-31)10-12-23)20-33-13-15-34(16-14-33)29(35)32-19-25-5-2-3-8-27(25)30/h2-12,17,28H,13-16,19-21H2,1H3,(H,32,35)/t28-/m1/s1. The maximum Gasteiger partial charge on any atom is 0.317 e. The van der Waals surface area contributed by atoms with Gasteiger partial charge in [0.1, 0.15) is 5.75 Å². The highest BCUT2D eigenvalue weighted by molar-refractivity contribution is 6.31. The van der Waals surface area contributed by atoms with E-state index in [9.17, 15) is 4.79 Å². The number of nitrogens with zero attached hydrogens (tertiary/aromatic N) is 3. The Morgan fingerprint density at radius 1 is 1.05 bits per heavy atom. The summed E-state index contributed by atoms with van der Waals surface area (Å²) in [5.74, 6) is 0.782. The SMILES string of the molecule is COc1cccc([C@@H](CN2CCN(C(=O)NCc3ccccc3Cl)CC2)OCc2ccc(C#N)cc2)c1. The first-order chi connectivity index (χ1) is 18.1. The monoisotopic (exact) mass is 518 g/mol. The van der Waals surface area contributed by atoms with Gasteiger partial charge in [0.25, 0.3) is 0 Å². The molecule has 1 aliphatic rings. The zero-order valence-corrected chi connectivity index (χ0v) is 21.7. The summed E-state index contributed by atoms with van der Waals surface area (Å²) in [6.07, 6.45) is -0.175. The van der Waals surface area contributed by atoms with E-state index in [-0.39, 0.29) is 12.1 Å². The molecule has 1 N–H and O–H groups in total. The molecule has 7 nitrogen and oxygen atoms in total. The van der Waals surface area contributed by atoms with Crippen molar-refractivity contribution in [2.45, 2.75) is 19.3 Å². The van der Waals surface area contributed by atoms with Gasteiger partial charge in [0.05, 0.1) is 31.5 Å². The number of piperazine rings is 1. The van der Waals surface area contributed by atoms with Crippen LogP contribution < -0.4 is 10.1 Å². The molecule has 0 unspecified atom stereocenters. The summed E-state index contributed by atoms with van der Waals surface area (Å²) in [7, 11) is 1.65. The van der Waals surface area contributed by atoms with E-state index in [1.165, 1.54) is 0 Å². The van der Waals surface area contributed by atoms with Crippen molar-refractivity contribution in [1.82, 2.24) is 15.1 Å². The Bertz CT molecular complexity index is 1220. The third kappa shape index (κ3) is 7.46. The number of halogens is 1. The lowest BCUT2D eigenvalue weighted by molar-refractivity contribution is 0.00546. The molecule has 0 saturated carbocycles. The summed E-state index contributed by atoms with van der Waals surface area (Å²) in [6.45, 7) is 4.29. The van der Waals surface area contributed by atoms with Crippen molar-refractivity contribution in [3.8, 4) is 11.8 Å². The molecular weight excluding hydrogens is 488 g/mol. The van der Waals surface area contributed by atoms with Gasteiger partial charge in [-0.15, -0.1) is 0 Å². The fourth-order valence-corrected chi connectivity index (χ4v) is 4.46. The van der Waals surface area contributed by atoms with E-state index in [1.54, 1.807) is 19.2 Å².